The van der Waals surface area contributed by atoms with Crippen LogP contribution < -0.4 is 14.4 Å². The van der Waals surface area contributed by atoms with Crippen molar-refractivity contribution < 1.29 is 23.6 Å². The second-order valence-electron chi connectivity index (χ2n) is 9.85. The van der Waals surface area contributed by atoms with Crippen LogP contribution in [0.15, 0.2) is 55.1 Å². The number of halogens is 1. The third-order valence-corrected chi connectivity index (χ3v) is 7.83. The van der Waals surface area contributed by atoms with Crippen molar-refractivity contribution in [2.45, 2.75) is 45.2 Å². The molecule has 1 aliphatic carbocycles. The molecule has 2 aliphatic rings. The van der Waals surface area contributed by atoms with Gasteiger partial charge in [-0.25, -0.2) is 14.4 Å². The lowest BCUT2D eigenvalue weighted by Crippen LogP contribution is -3.12. The maximum absolute atomic E-state index is 13.5. The second-order valence-corrected chi connectivity index (χ2v) is 9.85. The summed E-state index contributed by atoms with van der Waals surface area (Å²) in [6, 6.07) is 11.2. The highest BCUT2D eigenvalue weighted by atomic mass is 19.1. The number of nitrogens with zero attached hydrogens (tertiary/aromatic N) is 2. The molecule has 2 heterocycles. The topological polar surface area (TPSA) is 65.8 Å². The van der Waals surface area contributed by atoms with Gasteiger partial charge in [-0.15, -0.1) is 0 Å². The monoisotopic (exact) mass is 490 g/mol. The Labute approximate surface area is 211 Å². The molecular formula is C29H33FN3O3+. The van der Waals surface area contributed by atoms with Crippen LogP contribution in [0.4, 0.5) is 4.39 Å². The number of hydrogen-bond acceptors (Lipinski definition) is 5. The molecule has 188 valence electrons. The van der Waals surface area contributed by atoms with Gasteiger partial charge in [0.25, 0.3) is 0 Å². The standard InChI is InChI=1S/C29H32FN3O3/c1-3-36-28-13-19(12-27(35-2)29(28)20-4-7-23(30)8-5-20)17-33-11-10-24-21(6-9-25(24)33)14-26(34)22-15-31-18-32-16-22/h4-5,7-8,12-13,15-16,18,21,24-25H,3,6,9-11,14,17H2,1-2H3/p+1/t21?,24-,25+/m0/s1. The number of quaternary nitrogens is 1. The predicted molar refractivity (Wildman–Crippen MR) is 135 cm³/mol. The Bertz CT molecular complexity index is 1200. The number of likely N-dealkylation sites (tertiary alicyclic amines) is 1. The van der Waals surface area contributed by atoms with Crippen LogP contribution in [0.2, 0.25) is 0 Å². The first-order valence-corrected chi connectivity index (χ1v) is 12.8. The minimum atomic E-state index is -0.270. The van der Waals surface area contributed by atoms with Gasteiger partial charge >= 0.3 is 0 Å². The van der Waals surface area contributed by atoms with Gasteiger partial charge in [-0.1, -0.05) is 12.1 Å². The van der Waals surface area contributed by atoms with Gasteiger partial charge in [0.2, 0.25) is 0 Å². The van der Waals surface area contributed by atoms with Crippen LogP contribution in [0.1, 0.15) is 48.5 Å². The molecule has 0 radical (unpaired) electrons. The van der Waals surface area contributed by atoms with Crippen LogP contribution in [0.3, 0.4) is 0 Å². The van der Waals surface area contributed by atoms with Crippen molar-refractivity contribution in [2.24, 2.45) is 11.8 Å². The highest BCUT2D eigenvalue weighted by molar-refractivity contribution is 5.95. The lowest BCUT2D eigenvalue weighted by molar-refractivity contribution is -0.927. The first kappa shape index (κ1) is 24.4. The number of ether oxygens (including phenoxy) is 2. The van der Waals surface area contributed by atoms with Crippen molar-refractivity contribution in [3.8, 4) is 22.6 Å². The SMILES string of the molecule is CCOc1cc(C[NH+]2CC[C@H]3C(CC(=O)c4cncnc4)CC[C@H]32)cc(OC)c1-c1ccc(F)cc1. The van der Waals surface area contributed by atoms with Gasteiger partial charge in [0.05, 0.1) is 37.4 Å². The lowest BCUT2D eigenvalue weighted by Gasteiger charge is -2.23. The summed E-state index contributed by atoms with van der Waals surface area (Å²) in [5, 5.41) is 0. The number of benzene rings is 2. The zero-order valence-electron chi connectivity index (χ0n) is 20.9. The molecular weight excluding hydrogens is 457 g/mol. The average molecular weight is 491 g/mol. The Morgan fingerprint density at radius 3 is 2.56 bits per heavy atom. The summed E-state index contributed by atoms with van der Waals surface area (Å²) in [4.78, 5) is 22.3. The molecule has 6 nitrogen and oxygen atoms in total. The van der Waals surface area contributed by atoms with Crippen LogP contribution in [0, 0.1) is 17.7 Å². The predicted octanol–water partition coefficient (Wildman–Crippen LogP) is 4.15. The number of Topliss-reactive ketones (excluding diaryl/α,β-unsaturated/α-hetero) is 1. The van der Waals surface area contributed by atoms with E-state index in [0.29, 0.717) is 36.5 Å². The van der Waals surface area contributed by atoms with E-state index < -0.39 is 0 Å². The molecule has 2 fully saturated rings. The smallest absolute Gasteiger partial charge is 0.166 e. The van der Waals surface area contributed by atoms with Crippen molar-refractivity contribution in [3.63, 3.8) is 0 Å². The fourth-order valence-corrected chi connectivity index (χ4v) is 6.24. The summed E-state index contributed by atoms with van der Waals surface area (Å²) >= 11 is 0. The normalized spacial score (nSPS) is 22.9. The quantitative estimate of drug-likeness (QED) is 0.457. The van der Waals surface area contributed by atoms with Crippen molar-refractivity contribution in [1.82, 2.24) is 9.97 Å². The Morgan fingerprint density at radius 2 is 1.83 bits per heavy atom. The number of rotatable bonds is 9. The number of carbonyl (C=O) groups excluding carboxylic acids is 1. The number of hydrogen-bond donors (Lipinski definition) is 1. The number of nitrogens with one attached hydrogen (secondary N) is 1. The van der Waals surface area contributed by atoms with E-state index in [1.807, 2.05) is 6.92 Å². The highest BCUT2D eigenvalue weighted by Gasteiger charge is 2.47. The van der Waals surface area contributed by atoms with Crippen molar-refractivity contribution in [2.75, 3.05) is 20.3 Å². The van der Waals surface area contributed by atoms with Crippen LogP contribution in [-0.2, 0) is 6.54 Å². The maximum atomic E-state index is 13.5. The summed E-state index contributed by atoms with van der Waals surface area (Å²) < 4.78 is 25.3. The summed E-state index contributed by atoms with van der Waals surface area (Å²) in [5.41, 5.74) is 3.49. The molecule has 1 saturated heterocycles. The highest BCUT2D eigenvalue weighted by Crippen LogP contribution is 2.41. The molecule has 0 amide bonds. The molecule has 4 atom stereocenters. The van der Waals surface area contributed by atoms with Crippen LogP contribution >= 0.6 is 0 Å². The summed E-state index contributed by atoms with van der Waals surface area (Å²) in [6.45, 7) is 4.48. The number of ketones is 1. The average Bonchev–Trinajstić information content (AvgIpc) is 3.48. The first-order chi connectivity index (χ1) is 17.6. The molecule has 2 aromatic carbocycles. The molecule has 36 heavy (non-hydrogen) atoms. The van der Waals surface area contributed by atoms with Crippen molar-refractivity contribution in [3.05, 3.63) is 72.1 Å². The molecule has 1 N–H and O–H groups in total. The van der Waals surface area contributed by atoms with Crippen molar-refractivity contribution >= 4 is 5.78 Å². The molecule has 1 saturated carbocycles. The minimum absolute atomic E-state index is 0.150. The van der Waals surface area contributed by atoms with E-state index in [0.717, 1.165) is 60.5 Å². The minimum Gasteiger partial charge on any atom is -0.496 e. The largest absolute Gasteiger partial charge is 0.496 e. The van der Waals surface area contributed by atoms with E-state index >= 15 is 0 Å². The fraction of sp³-hybridized carbons (Fsp3) is 0.414. The van der Waals surface area contributed by atoms with E-state index in [-0.39, 0.29) is 11.6 Å². The lowest BCUT2D eigenvalue weighted by atomic mass is 9.88. The Hall–Kier alpha value is -3.32. The molecule has 1 aliphatic heterocycles. The third kappa shape index (κ3) is 4.98. The molecule has 1 aromatic heterocycles. The van der Waals surface area contributed by atoms with Gasteiger partial charge in [0.1, 0.15) is 30.2 Å². The Kier molecular flexibility index (Phi) is 7.28. The maximum Gasteiger partial charge on any atom is 0.166 e. The van der Waals surface area contributed by atoms with Gasteiger partial charge in [-0.05, 0) is 55.5 Å². The fourth-order valence-electron chi connectivity index (χ4n) is 6.24. The van der Waals surface area contributed by atoms with Gasteiger partial charge in [0, 0.05) is 36.7 Å². The summed E-state index contributed by atoms with van der Waals surface area (Å²) in [7, 11) is 1.66. The number of aromatic nitrogens is 2. The van der Waals surface area contributed by atoms with Crippen LogP contribution in [0.25, 0.3) is 11.1 Å². The van der Waals surface area contributed by atoms with Crippen molar-refractivity contribution in [1.29, 1.82) is 0 Å². The van der Waals surface area contributed by atoms with Crippen LogP contribution in [0.5, 0.6) is 11.5 Å². The molecule has 0 bridgehead atoms. The van der Waals surface area contributed by atoms with Gasteiger partial charge in [-0.3, -0.25) is 4.79 Å². The van der Waals surface area contributed by atoms with Gasteiger partial charge in [-0.2, -0.15) is 0 Å². The van der Waals surface area contributed by atoms with Gasteiger partial charge < -0.3 is 14.4 Å². The number of methoxy groups -OCH3 is 1. The summed E-state index contributed by atoms with van der Waals surface area (Å²) in [6.07, 6.45) is 8.66. The Balaban J connectivity index is 1.32. The molecule has 0 spiro atoms. The zero-order chi connectivity index (χ0) is 25.1. The van der Waals surface area contributed by atoms with E-state index in [1.165, 1.54) is 18.5 Å². The summed E-state index contributed by atoms with van der Waals surface area (Å²) in [5.74, 6) is 2.37. The Morgan fingerprint density at radius 1 is 1.08 bits per heavy atom. The van der Waals surface area contributed by atoms with Gasteiger partial charge in [0.15, 0.2) is 5.78 Å². The third-order valence-electron chi connectivity index (χ3n) is 7.83. The number of carbonyl (C=O) groups is 1. The molecule has 3 aromatic rings. The second kappa shape index (κ2) is 10.7. The zero-order valence-corrected chi connectivity index (χ0v) is 20.9. The number of fused-ring (bicyclic) bond motifs is 1. The first-order valence-electron chi connectivity index (χ1n) is 12.8. The van der Waals surface area contributed by atoms with E-state index in [1.54, 1.807) is 36.5 Å². The molecule has 2 unspecified atom stereocenters. The molecule has 5 rings (SSSR count). The molecule has 7 heteroatoms. The van der Waals surface area contributed by atoms with E-state index in [4.69, 9.17) is 9.47 Å². The van der Waals surface area contributed by atoms with Crippen LogP contribution in [-0.4, -0.2) is 42.1 Å². The van der Waals surface area contributed by atoms with E-state index in [9.17, 15) is 9.18 Å². The van der Waals surface area contributed by atoms with E-state index in [2.05, 4.69) is 22.1 Å².